The number of aliphatic hydroxyl groups excluding tert-OH is 4. The van der Waals surface area contributed by atoms with Crippen molar-refractivity contribution in [3.05, 3.63) is 35.9 Å². The second-order valence-electron chi connectivity index (χ2n) is 5.46. The number of aliphatic hydroxyl groups is 4. The van der Waals surface area contributed by atoms with E-state index in [1.54, 1.807) is 30.3 Å². The maximum absolute atomic E-state index is 10.8. The molecule has 0 unspecified atom stereocenters. The Balaban J connectivity index is 2.19. The molecule has 1 heterocycles. The van der Waals surface area contributed by atoms with E-state index in [9.17, 15) is 28.8 Å². The summed E-state index contributed by atoms with van der Waals surface area (Å²) in [6, 6.07) is 8.73. The van der Waals surface area contributed by atoms with Crippen LogP contribution in [-0.2, 0) is 25.8 Å². The molecule has 1 aromatic rings. The van der Waals surface area contributed by atoms with Gasteiger partial charge in [-0.1, -0.05) is 47.2 Å². The van der Waals surface area contributed by atoms with Crippen molar-refractivity contribution in [3.63, 3.8) is 0 Å². The van der Waals surface area contributed by atoms with Gasteiger partial charge in [0.2, 0.25) is 0 Å². The quantitative estimate of drug-likeness (QED) is 0.168. The normalized spacial score (nSPS) is 30.2. The Bertz CT molecular complexity index is 710. The summed E-state index contributed by atoms with van der Waals surface area (Å²) < 4.78 is 39.6. The molecule has 26 heavy (non-hydrogen) atoms. The van der Waals surface area contributed by atoms with Gasteiger partial charge in [0.05, 0.1) is 6.61 Å². The molecule has 0 radical (unpaired) electrons. The molecule has 0 bridgehead atoms. The molecule has 1 aliphatic heterocycles. The maximum atomic E-state index is 10.8. The van der Waals surface area contributed by atoms with Crippen molar-refractivity contribution in [2.24, 2.45) is 5.16 Å². The molecule has 1 saturated heterocycles. The highest BCUT2D eigenvalue weighted by Crippen LogP contribution is 2.30. The first-order valence-electron chi connectivity index (χ1n) is 7.45. The first-order chi connectivity index (χ1) is 12.2. The molecule has 5 atom stereocenters. The Labute approximate surface area is 154 Å². The van der Waals surface area contributed by atoms with Gasteiger partial charge >= 0.3 is 10.4 Å². The molecule has 0 aromatic heterocycles. The number of rotatable bonds is 6. The van der Waals surface area contributed by atoms with E-state index < -0.39 is 46.9 Å². The summed E-state index contributed by atoms with van der Waals surface area (Å²) in [5.41, 5.74) is -0.444. The van der Waals surface area contributed by atoms with Crippen LogP contribution in [0.15, 0.2) is 35.5 Å². The molecule has 146 valence electrons. The van der Waals surface area contributed by atoms with Crippen molar-refractivity contribution in [3.8, 4) is 0 Å². The minimum absolute atomic E-state index is 0.0122. The first-order valence-corrected chi connectivity index (χ1v) is 9.69. The standard InChI is InChI=1S/C14H19NO9S2/c16-7-9-11(17)12(18)13(19)14(23-9)25-10(15-24-26(20,21)22)6-8-4-2-1-3-5-8/h1-5,9,11-14,16-19H,6-7H2,(H,20,21,22)/t9-,11-,12+,13-,14+/m1/s1. The van der Waals surface area contributed by atoms with E-state index in [0.717, 1.165) is 17.3 Å². The van der Waals surface area contributed by atoms with Crippen LogP contribution in [0.3, 0.4) is 0 Å². The lowest BCUT2D eigenvalue weighted by atomic mass is 10.0. The summed E-state index contributed by atoms with van der Waals surface area (Å²) in [4.78, 5) is 0. The molecule has 1 aliphatic rings. The van der Waals surface area contributed by atoms with Crippen LogP contribution in [0.1, 0.15) is 5.56 Å². The third-order valence-corrected chi connectivity index (χ3v) is 4.91. The molecule has 12 heteroatoms. The number of oxime groups is 1. The van der Waals surface area contributed by atoms with Crippen molar-refractivity contribution < 1.29 is 42.4 Å². The number of thioether (sulfide) groups is 1. The van der Waals surface area contributed by atoms with Crippen molar-refractivity contribution in [1.82, 2.24) is 0 Å². The van der Waals surface area contributed by atoms with Crippen LogP contribution < -0.4 is 0 Å². The minimum atomic E-state index is -4.83. The fourth-order valence-corrected chi connectivity index (χ4v) is 3.58. The molecular weight excluding hydrogens is 390 g/mol. The largest absolute Gasteiger partial charge is 0.466 e. The number of ether oxygens (including phenoxy) is 1. The van der Waals surface area contributed by atoms with Gasteiger partial charge < -0.3 is 25.2 Å². The van der Waals surface area contributed by atoms with Crippen LogP contribution in [0.2, 0.25) is 0 Å². The van der Waals surface area contributed by atoms with Crippen LogP contribution in [0.4, 0.5) is 0 Å². The van der Waals surface area contributed by atoms with E-state index >= 15 is 0 Å². The molecule has 0 aliphatic carbocycles. The molecular formula is C14H19NO9S2. The summed E-state index contributed by atoms with van der Waals surface area (Å²) in [5, 5.41) is 42.2. The predicted octanol–water partition coefficient (Wildman–Crippen LogP) is -1.10. The third kappa shape index (κ3) is 5.89. The maximum Gasteiger partial charge on any atom is 0.466 e. The summed E-state index contributed by atoms with van der Waals surface area (Å²) >= 11 is 0.729. The SMILES string of the molecule is O=S(=O)(O)ON=C(Cc1ccccc1)S[C@@H]1O[C@H](CO)[C@@H](O)[C@H](O)[C@H]1O. The van der Waals surface area contributed by atoms with Gasteiger partial charge in [-0.15, -0.1) is 0 Å². The van der Waals surface area contributed by atoms with E-state index in [2.05, 4.69) is 9.44 Å². The molecule has 0 spiro atoms. The van der Waals surface area contributed by atoms with Gasteiger partial charge in [-0.2, -0.15) is 8.42 Å². The second kappa shape index (κ2) is 9.10. The van der Waals surface area contributed by atoms with Gasteiger partial charge in [-0.3, -0.25) is 4.55 Å². The lowest BCUT2D eigenvalue weighted by Gasteiger charge is -2.39. The fourth-order valence-electron chi connectivity index (χ4n) is 2.25. The summed E-state index contributed by atoms with van der Waals surface area (Å²) in [7, 11) is -4.83. The molecule has 5 N–H and O–H groups in total. The Morgan fingerprint density at radius 2 is 1.81 bits per heavy atom. The highest BCUT2D eigenvalue weighted by Gasteiger charge is 2.44. The zero-order chi connectivity index (χ0) is 19.3. The minimum Gasteiger partial charge on any atom is -0.394 e. The van der Waals surface area contributed by atoms with Crippen LogP contribution in [0.5, 0.6) is 0 Å². The molecule has 10 nitrogen and oxygen atoms in total. The van der Waals surface area contributed by atoms with Crippen LogP contribution in [-0.4, -0.2) is 74.9 Å². The van der Waals surface area contributed by atoms with Crippen molar-refractivity contribution in [2.75, 3.05) is 6.61 Å². The van der Waals surface area contributed by atoms with E-state index in [1.807, 2.05) is 0 Å². The number of benzene rings is 1. The topological polar surface area (TPSA) is 166 Å². The summed E-state index contributed by atoms with van der Waals surface area (Å²) in [6.07, 6.45) is -5.68. The Morgan fingerprint density at radius 3 is 2.38 bits per heavy atom. The molecule has 0 saturated carbocycles. The predicted molar refractivity (Wildman–Crippen MR) is 91.6 cm³/mol. The number of hydrogen-bond acceptors (Lipinski definition) is 10. The smallest absolute Gasteiger partial charge is 0.394 e. The van der Waals surface area contributed by atoms with Gasteiger partial charge in [-0.05, 0) is 5.56 Å². The van der Waals surface area contributed by atoms with E-state index in [-0.39, 0.29) is 11.5 Å². The molecule has 2 rings (SSSR count). The van der Waals surface area contributed by atoms with E-state index in [1.165, 1.54) is 0 Å². The highest BCUT2D eigenvalue weighted by molar-refractivity contribution is 8.14. The number of nitrogens with zero attached hydrogens (tertiary/aromatic N) is 1. The average molecular weight is 409 g/mol. The van der Waals surface area contributed by atoms with Gasteiger partial charge in [0.25, 0.3) is 0 Å². The van der Waals surface area contributed by atoms with Gasteiger partial charge in [-0.25, -0.2) is 4.28 Å². The Kier molecular flexibility index (Phi) is 7.37. The zero-order valence-corrected chi connectivity index (χ0v) is 15.0. The average Bonchev–Trinajstić information content (AvgIpc) is 2.60. The summed E-state index contributed by atoms with van der Waals surface area (Å²) in [6.45, 7) is -0.602. The van der Waals surface area contributed by atoms with E-state index in [4.69, 9.17) is 9.29 Å². The second-order valence-corrected chi connectivity index (χ2v) is 7.64. The first kappa shape index (κ1) is 21.1. The highest BCUT2D eigenvalue weighted by atomic mass is 32.3. The van der Waals surface area contributed by atoms with Crippen LogP contribution in [0, 0.1) is 0 Å². The van der Waals surface area contributed by atoms with Crippen LogP contribution >= 0.6 is 11.8 Å². The Morgan fingerprint density at radius 1 is 1.15 bits per heavy atom. The molecule has 1 aromatic carbocycles. The van der Waals surface area contributed by atoms with Crippen molar-refractivity contribution >= 4 is 27.2 Å². The fraction of sp³-hybridized carbons (Fsp3) is 0.500. The molecule has 0 amide bonds. The third-order valence-electron chi connectivity index (χ3n) is 3.53. The van der Waals surface area contributed by atoms with Crippen molar-refractivity contribution in [1.29, 1.82) is 0 Å². The van der Waals surface area contributed by atoms with Gasteiger partial charge in [0.1, 0.15) is 34.9 Å². The lowest BCUT2D eigenvalue weighted by molar-refractivity contribution is -0.205. The molecule has 1 fully saturated rings. The van der Waals surface area contributed by atoms with Crippen LogP contribution in [0.25, 0.3) is 0 Å². The van der Waals surface area contributed by atoms with E-state index in [0.29, 0.717) is 0 Å². The Hall–Kier alpha value is -1.25. The van der Waals surface area contributed by atoms with Crippen molar-refractivity contribution in [2.45, 2.75) is 36.3 Å². The monoisotopic (exact) mass is 409 g/mol. The zero-order valence-electron chi connectivity index (χ0n) is 13.3. The lowest BCUT2D eigenvalue weighted by Crippen LogP contribution is -2.57. The van der Waals surface area contributed by atoms with Gasteiger partial charge in [0.15, 0.2) is 0 Å². The summed E-state index contributed by atoms with van der Waals surface area (Å²) in [5.74, 6) is 0. The number of hydrogen-bond donors (Lipinski definition) is 5. The van der Waals surface area contributed by atoms with Gasteiger partial charge in [0, 0.05) is 6.42 Å².